The number of fused-ring (bicyclic) bond motifs is 1. The molecule has 2 aliphatic rings. The van der Waals surface area contributed by atoms with Gasteiger partial charge >= 0.3 is 0 Å². The number of rotatable bonds is 7. The van der Waals surface area contributed by atoms with Crippen LogP contribution in [0.2, 0.25) is 0 Å². The normalized spacial score (nSPS) is 19.7. The molecule has 0 saturated carbocycles. The van der Waals surface area contributed by atoms with Crippen LogP contribution in [0.3, 0.4) is 0 Å². The predicted molar refractivity (Wildman–Crippen MR) is 117 cm³/mol. The van der Waals surface area contributed by atoms with Crippen molar-refractivity contribution < 1.29 is 9.53 Å². The van der Waals surface area contributed by atoms with Gasteiger partial charge in [-0.15, -0.1) is 0 Å². The molecule has 4 nitrogen and oxygen atoms in total. The third-order valence-electron chi connectivity index (χ3n) is 6.11. The van der Waals surface area contributed by atoms with Crippen molar-refractivity contribution in [3.8, 4) is 5.75 Å². The van der Waals surface area contributed by atoms with E-state index in [1.807, 2.05) is 47.4 Å². The third kappa shape index (κ3) is 4.64. The van der Waals surface area contributed by atoms with Gasteiger partial charge in [0, 0.05) is 12.1 Å². The lowest BCUT2D eigenvalue weighted by molar-refractivity contribution is -0.126. The maximum Gasteiger partial charge on any atom is 0.272 e. The molecule has 1 amide bonds. The molecule has 29 heavy (non-hydrogen) atoms. The summed E-state index contributed by atoms with van der Waals surface area (Å²) in [4.78, 5) is 17.9. The van der Waals surface area contributed by atoms with Crippen LogP contribution in [0.4, 0.5) is 5.69 Å². The highest BCUT2D eigenvalue weighted by Gasteiger charge is 2.35. The molecule has 0 N–H and O–H groups in total. The largest absolute Gasteiger partial charge is 0.474 e. The third-order valence-corrected chi connectivity index (χ3v) is 6.11. The van der Waals surface area contributed by atoms with E-state index >= 15 is 0 Å². The van der Waals surface area contributed by atoms with Gasteiger partial charge in [0.05, 0.1) is 5.69 Å². The molecule has 0 spiro atoms. The lowest BCUT2D eigenvalue weighted by Gasteiger charge is -2.35. The van der Waals surface area contributed by atoms with Crippen molar-refractivity contribution in [1.29, 1.82) is 0 Å². The van der Waals surface area contributed by atoms with Crippen LogP contribution in [0.15, 0.2) is 48.5 Å². The first-order valence-corrected chi connectivity index (χ1v) is 11.1. The van der Waals surface area contributed by atoms with Crippen molar-refractivity contribution in [2.24, 2.45) is 0 Å². The number of aryl methyl sites for hydroxylation is 1. The van der Waals surface area contributed by atoms with Crippen molar-refractivity contribution in [3.05, 3.63) is 59.7 Å². The maximum atomic E-state index is 13.3. The van der Waals surface area contributed by atoms with Crippen molar-refractivity contribution in [2.45, 2.75) is 51.6 Å². The number of nitrogens with zero attached hydrogens (tertiary/aromatic N) is 2. The molecular formula is C25H32N2O2. The van der Waals surface area contributed by atoms with Gasteiger partial charge in [0.1, 0.15) is 5.75 Å². The van der Waals surface area contributed by atoms with Crippen LogP contribution < -0.4 is 9.64 Å². The standard InChI is InChI=1S/C25H32N2O2/c1-20-12-11-15-22-23(20)27(19-10-4-9-18-26-16-7-3-8-17-26)25(28)24(29-22)21-13-5-2-6-14-21/h2,5-6,11-15,24H,3-4,7-10,16-19H2,1H3. The van der Waals surface area contributed by atoms with Gasteiger partial charge in [0.2, 0.25) is 6.10 Å². The number of para-hydroxylation sites is 1. The van der Waals surface area contributed by atoms with E-state index < -0.39 is 6.10 Å². The summed E-state index contributed by atoms with van der Waals surface area (Å²) in [7, 11) is 0. The van der Waals surface area contributed by atoms with E-state index in [1.54, 1.807) is 0 Å². The van der Waals surface area contributed by atoms with E-state index in [0.29, 0.717) is 0 Å². The van der Waals surface area contributed by atoms with E-state index in [-0.39, 0.29) is 5.91 Å². The molecule has 1 atom stereocenters. The Morgan fingerprint density at radius 2 is 1.66 bits per heavy atom. The first-order chi connectivity index (χ1) is 14.2. The van der Waals surface area contributed by atoms with Crippen LogP contribution in [-0.4, -0.2) is 37.0 Å². The lowest BCUT2D eigenvalue weighted by Crippen LogP contribution is -2.42. The Morgan fingerprint density at radius 3 is 2.45 bits per heavy atom. The summed E-state index contributed by atoms with van der Waals surface area (Å²) in [6, 6.07) is 15.9. The van der Waals surface area contributed by atoms with Gasteiger partial charge < -0.3 is 14.5 Å². The quantitative estimate of drug-likeness (QED) is 0.613. The fourth-order valence-electron chi connectivity index (χ4n) is 4.53. The Morgan fingerprint density at radius 1 is 0.897 bits per heavy atom. The molecule has 154 valence electrons. The van der Waals surface area contributed by atoms with Crippen molar-refractivity contribution in [2.75, 3.05) is 31.1 Å². The minimum absolute atomic E-state index is 0.0500. The van der Waals surface area contributed by atoms with E-state index in [1.165, 1.54) is 45.3 Å². The number of hydrogen-bond acceptors (Lipinski definition) is 3. The molecule has 1 unspecified atom stereocenters. The predicted octanol–water partition coefficient (Wildman–Crippen LogP) is 5.12. The number of carbonyl (C=O) groups excluding carboxylic acids is 1. The monoisotopic (exact) mass is 392 g/mol. The van der Waals surface area contributed by atoms with E-state index in [4.69, 9.17) is 4.74 Å². The zero-order valence-electron chi connectivity index (χ0n) is 17.5. The number of amides is 1. The van der Waals surface area contributed by atoms with E-state index in [0.717, 1.165) is 42.0 Å². The Kier molecular flexibility index (Phi) is 6.50. The SMILES string of the molecule is Cc1cccc2c1N(CCCCCN1CCCCC1)C(=O)C(c1ccccc1)O2. The van der Waals surface area contributed by atoms with Crippen LogP contribution in [0.25, 0.3) is 0 Å². The minimum atomic E-state index is -0.557. The first kappa shape index (κ1) is 20.0. The Labute approximate surface area is 174 Å². The molecule has 2 aromatic carbocycles. The number of ether oxygens (including phenoxy) is 1. The fraction of sp³-hybridized carbons (Fsp3) is 0.480. The summed E-state index contributed by atoms with van der Waals surface area (Å²) >= 11 is 0. The molecule has 1 fully saturated rings. The lowest BCUT2D eigenvalue weighted by atomic mass is 10.0. The van der Waals surface area contributed by atoms with Crippen LogP contribution in [0, 0.1) is 6.92 Å². The van der Waals surface area contributed by atoms with Crippen molar-refractivity contribution >= 4 is 11.6 Å². The second kappa shape index (κ2) is 9.45. The van der Waals surface area contributed by atoms with Gasteiger partial charge in [-0.05, 0) is 63.9 Å². The smallest absolute Gasteiger partial charge is 0.272 e. The molecule has 2 heterocycles. The number of piperidine rings is 1. The van der Waals surface area contributed by atoms with Gasteiger partial charge in [-0.25, -0.2) is 0 Å². The molecular weight excluding hydrogens is 360 g/mol. The molecule has 2 aliphatic heterocycles. The van der Waals surface area contributed by atoms with E-state index in [2.05, 4.69) is 17.9 Å². The van der Waals surface area contributed by atoms with E-state index in [9.17, 15) is 4.79 Å². The number of benzene rings is 2. The highest BCUT2D eigenvalue weighted by molar-refractivity contribution is 6.01. The van der Waals surface area contributed by atoms with Gasteiger partial charge in [-0.1, -0.05) is 55.3 Å². The number of anilines is 1. The number of unbranched alkanes of at least 4 members (excludes halogenated alkanes) is 2. The van der Waals surface area contributed by atoms with Crippen molar-refractivity contribution in [3.63, 3.8) is 0 Å². The van der Waals surface area contributed by atoms with Crippen LogP contribution in [-0.2, 0) is 4.79 Å². The fourth-order valence-corrected chi connectivity index (χ4v) is 4.53. The molecule has 4 rings (SSSR count). The number of likely N-dealkylation sites (tertiary alicyclic amines) is 1. The van der Waals surface area contributed by atoms with Crippen LogP contribution in [0.5, 0.6) is 5.75 Å². The summed E-state index contributed by atoms with van der Waals surface area (Å²) in [6.45, 7) is 6.52. The molecule has 2 aromatic rings. The zero-order valence-corrected chi connectivity index (χ0v) is 17.5. The molecule has 4 heteroatoms. The number of hydrogen-bond donors (Lipinski definition) is 0. The molecule has 1 saturated heterocycles. The average molecular weight is 393 g/mol. The topological polar surface area (TPSA) is 32.8 Å². The minimum Gasteiger partial charge on any atom is -0.474 e. The van der Waals surface area contributed by atoms with Crippen LogP contribution in [0.1, 0.15) is 55.8 Å². The van der Waals surface area contributed by atoms with Crippen molar-refractivity contribution in [1.82, 2.24) is 4.90 Å². The highest BCUT2D eigenvalue weighted by Crippen LogP contribution is 2.41. The van der Waals surface area contributed by atoms with Gasteiger partial charge in [0.15, 0.2) is 0 Å². The number of carbonyl (C=O) groups is 1. The second-order valence-corrected chi connectivity index (χ2v) is 8.28. The average Bonchev–Trinajstić information content (AvgIpc) is 2.76. The Hall–Kier alpha value is -2.33. The molecule has 0 radical (unpaired) electrons. The Balaban J connectivity index is 1.42. The van der Waals surface area contributed by atoms with Gasteiger partial charge in [-0.2, -0.15) is 0 Å². The van der Waals surface area contributed by atoms with Gasteiger partial charge in [0.25, 0.3) is 5.91 Å². The summed E-state index contributed by atoms with van der Waals surface area (Å²) in [6.07, 6.45) is 6.91. The highest BCUT2D eigenvalue weighted by atomic mass is 16.5. The molecule has 0 aromatic heterocycles. The van der Waals surface area contributed by atoms with Gasteiger partial charge in [-0.3, -0.25) is 4.79 Å². The first-order valence-electron chi connectivity index (χ1n) is 11.1. The Bertz CT molecular complexity index is 815. The summed E-state index contributed by atoms with van der Waals surface area (Å²) in [5.41, 5.74) is 2.95. The van der Waals surface area contributed by atoms with Crippen LogP contribution >= 0.6 is 0 Å². The molecule has 0 bridgehead atoms. The summed E-state index contributed by atoms with van der Waals surface area (Å²) in [5, 5.41) is 0. The summed E-state index contributed by atoms with van der Waals surface area (Å²) in [5.74, 6) is 0.862. The maximum absolute atomic E-state index is 13.3. The second-order valence-electron chi connectivity index (χ2n) is 8.28. The summed E-state index contributed by atoms with van der Waals surface area (Å²) < 4.78 is 6.15. The zero-order chi connectivity index (χ0) is 20.1. The molecule has 0 aliphatic carbocycles.